The first-order chi connectivity index (χ1) is 12.1. The van der Waals surface area contributed by atoms with Crippen LogP contribution < -0.4 is 0 Å². The lowest BCUT2D eigenvalue weighted by Gasteiger charge is -2.01. The van der Waals surface area contributed by atoms with Crippen LogP contribution in [0.1, 0.15) is 50.5 Å². The molecule has 1 aromatic carbocycles. The molecule has 0 saturated carbocycles. The molecule has 1 N–H and O–H groups in total. The number of halogens is 1. The van der Waals surface area contributed by atoms with Crippen molar-refractivity contribution in [3.8, 4) is 0 Å². The van der Waals surface area contributed by atoms with E-state index in [0.29, 0.717) is 0 Å². The number of hydrogen-bond acceptors (Lipinski definition) is 4. The molecule has 25 heavy (non-hydrogen) atoms. The van der Waals surface area contributed by atoms with E-state index in [1.54, 1.807) is 0 Å². The van der Waals surface area contributed by atoms with Gasteiger partial charge in [0.2, 0.25) is 0 Å². The molecule has 0 atom stereocenters. The van der Waals surface area contributed by atoms with E-state index in [1.165, 1.54) is 0 Å². The van der Waals surface area contributed by atoms with Crippen LogP contribution in [0.4, 0.5) is 0 Å². The fourth-order valence-corrected chi connectivity index (χ4v) is 2.79. The Morgan fingerprint density at radius 3 is 2.48 bits per heavy atom. The molecule has 134 valence electrons. The topological polar surface area (TPSA) is 63.6 Å². The Balaban J connectivity index is 1.52. The lowest BCUT2D eigenvalue weighted by molar-refractivity contribution is -0.137. The number of carbonyl (C=O) groups excluding carboxylic acids is 2. The molecular weight excluding hydrogens is 340 g/mol. The van der Waals surface area contributed by atoms with Crippen LogP contribution in [0.3, 0.4) is 0 Å². The highest BCUT2D eigenvalue weighted by Gasteiger charge is 2.29. The highest BCUT2D eigenvalue weighted by molar-refractivity contribution is 6.30. The Morgan fingerprint density at radius 1 is 1.12 bits per heavy atom. The van der Waals surface area contributed by atoms with E-state index >= 15 is 0 Å². The summed E-state index contributed by atoms with van der Waals surface area (Å²) < 4.78 is 4.62. The van der Waals surface area contributed by atoms with Crippen molar-refractivity contribution in [1.82, 2.24) is 0 Å². The number of benzene rings is 1. The van der Waals surface area contributed by atoms with E-state index in [9.17, 15) is 14.7 Å². The average molecular weight is 363 g/mol. The van der Waals surface area contributed by atoms with Gasteiger partial charge in [0.15, 0.2) is 5.78 Å². The summed E-state index contributed by atoms with van der Waals surface area (Å²) in [6.07, 6.45) is 10.5. The minimum atomic E-state index is -0.699. The number of aliphatic hydroxyl groups is 1. The van der Waals surface area contributed by atoms with Crippen LogP contribution in [0.25, 0.3) is 6.08 Å². The summed E-state index contributed by atoms with van der Waals surface area (Å²) in [7, 11) is 0. The number of carbonyl (C=O) groups is 2. The van der Waals surface area contributed by atoms with Gasteiger partial charge in [-0.2, -0.15) is 0 Å². The van der Waals surface area contributed by atoms with Gasteiger partial charge in [0.05, 0.1) is 0 Å². The summed E-state index contributed by atoms with van der Waals surface area (Å²) in [5, 5.41) is 10.2. The molecule has 1 aliphatic rings. The van der Waals surface area contributed by atoms with Gasteiger partial charge in [-0.15, -0.1) is 0 Å². The van der Waals surface area contributed by atoms with Gasteiger partial charge in [-0.3, -0.25) is 4.79 Å². The predicted molar refractivity (Wildman–Crippen MR) is 98.4 cm³/mol. The van der Waals surface area contributed by atoms with Gasteiger partial charge in [0.1, 0.15) is 17.9 Å². The molecule has 1 aliphatic heterocycles. The van der Waals surface area contributed by atoms with Gasteiger partial charge in [-0.05, 0) is 37.0 Å². The number of aliphatic hydroxyl groups excluding tert-OH is 1. The van der Waals surface area contributed by atoms with E-state index in [4.69, 9.17) is 11.6 Å². The van der Waals surface area contributed by atoms with E-state index < -0.39 is 5.97 Å². The van der Waals surface area contributed by atoms with Gasteiger partial charge in [-0.25, -0.2) is 4.79 Å². The summed E-state index contributed by atoms with van der Waals surface area (Å²) in [6.45, 7) is -0.177. The number of rotatable bonds is 10. The van der Waals surface area contributed by atoms with Crippen molar-refractivity contribution in [2.45, 2.75) is 44.9 Å². The predicted octanol–water partition coefficient (Wildman–Crippen LogP) is 5.02. The second kappa shape index (κ2) is 10.0. The maximum Gasteiger partial charge on any atom is 0.345 e. The number of esters is 1. The molecule has 5 heteroatoms. The maximum atomic E-state index is 11.9. The minimum Gasteiger partial charge on any atom is -0.508 e. The van der Waals surface area contributed by atoms with E-state index in [2.05, 4.69) is 16.9 Å². The molecule has 0 fully saturated rings. The molecule has 0 unspecified atom stereocenters. The highest BCUT2D eigenvalue weighted by Crippen LogP contribution is 2.18. The van der Waals surface area contributed by atoms with Crippen molar-refractivity contribution in [2.75, 3.05) is 6.61 Å². The second-order valence-electron chi connectivity index (χ2n) is 6.08. The molecule has 2 rings (SSSR count). The first-order valence-electron chi connectivity index (χ1n) is 8.62. The molecule has 0 saturated heterocycles. The number of cyclic esters (lactones) is 1. The smallest absolute Gasteiger partial charge is 0.345 e. The van der Waals surface area contributed by atoms with E-state index in [-0.39, 0.29) is 30.1 Å². The summed E-state index contributed by atoms with van der Waals surface area (Å²) in [5.74, 6) is -1.25. The van der Waals surface area contributed by atoms with Crippen LogP contribution >= 0.6 is 11.6 Å². The highest BCUT2D eigenvalue weighted by atomic mass is 35.5. The van der Waals surface area contributed by atoms with Crippen molar-refractivity contribution < 1.29 is 19.4 Å². The van der Waals surface area contributed by atoms with Crippen LogP contribution in [0.2, 0.25) is 5.02 Å². The first kappa shape index (κ1) is 19.3. The molecule has 0 bridgehead atoms. The Bertz CT molecular complexity index is 659. The molecule has 0 spiro atoms. The van der Waals surface area contributed by atoms with Crippen LogP contribution in [0.15, 0.2) is 41.7 Å². The summed E-state index contributed by atoms with van der Waals surface area (Å²) in [4.78, 5) is 23.2. The third-order valence-corrected chi connectivity index (χ3v) is 4.32. The number of hydrogen-bond donors (Lipinski definition) is 1. The Hall–Kier alpha value is -2.07. The molecule has 0 radical (unpaired) electrons. The largest absolute Gasteiger partial charge is 0.508 e. The monoisotopic (exact) mass is 362 g/mol. The number of unbranched alkanes of at least 4 members (excludes halogenated alkanes) is 5. The number of ether oxygens (including phenoxy) is 1. The maximum absolute atomic E-state index is 11.9. The Morgan fingerprint density at radius 2 is 1.80 bits per heavy atom. The standard InChI is InChI=1S/C20H23ClO4/c21-16-12-10-15(11-13-16)8-6-4-2-1-3-5-7-9-17(22)19-18(23)14-25-20(19)24/h6,8,10-13,23H,1-5,7,9,14H2. The molecule has 1 heterocycles. The zero-order valence-corrected chi connectivity index (χ0v) is 14.9. The lowest BCUT2D eigenvalue weighted by atomic mass is 10.0. The molecule has 0 aromatic heterocycles. The van der Waals surface area contributed by atoms with E-state index in [0.717, 1.165) is 49.1 Å². The number of allylic oxidation sites excluding steroid dienone is 1. The van der Waals surface area contributed by atoms with E-state index in [1.807, 2.05) is 24.3 Å². The molecule has 0 aliphatic carbocycles. The van der Waals surface area contributed by atoms with Gasteiger partial charge in [0.25, 0.3) is 0 Å². The Kier molecular flexibility index (Phi) is 7.74. The fourth-order valence-electron chi connectivity index (χ4n) is 2.67. The van der Waals surface area contributed by atoms with Crippen molar-refractivity contribution in [3.63, 3.8) is 0 Å². The van der Waals surface area contributed by atoms with Gasteiger partial charge < -0.3 is 9.84 Å². The normalized spacial score (nSPS) is 14.4. The van der Waals surface area contributed by atoms with Gasteiger partial charge in [0, 0.05) is 11.4 Å². The summed E-state index contributed by atoms with van der Waals surface area (Å²) in [5.41, 5.74) is 0.984. The van der Waals surface area contributed by atoms with Crippen LogP contribution in [0.5, 0.6) is 0 Å². The average Bonchev–Trinajstić information content (AvgIpc) is 2.93. The van der Waals surface area contributed by atoms with Crippen molar-refractivity contribution in [1.29, 1.82) is 0 Å². The van der Waals surface area contributed by atoms with Gasteiger partial charge in [-0.1, -0.05) is 55.1 Å². The lowest BCUT2D eigenvalue weighted by Crippen LogP contribution is -2.10. The molecule has 4 nitrogen and oxygen atoms in total. The zero-order valence-electron chi connectivity index (χ0n) is 14.2. The van der Waals surface area contributed by atoms with Crippen LogP contribution in [0, 0.1) is 0 Å². The van der Waals surface area contributed by atoms with Gasteiger partial charge >= 0.3 is 5.97 Å². The van der Waals surface area contributed by atoms with Crippen molar-refractivity contribution >= 4 is 29.4 Å². The summed E-state index contributed by atoms with van der Waals surface area (Å²) in [6, 6.07) is 7.74. The van der Waals surface area contributed by atoms with Crippen molar-refractivity contribution in [3.05, 3.63) is 52.3 Å². The van der Waals surface area contributed by atoms with Crippen LogP contribution in [-0.2, 0) is 14.3 Å². The van der Waals surface area contributed by atoms with Crippen LogP contribution in [-0.4, -0.2) is 23.5 Å². The number of ketones is 1. The first-order valence-corrected chi connectivity index (χ1v) is 9.00. The molecular formula is C20H23ClO4. The molecule has 1 aromatic rings. The zero-order chi connectivity index (χ0) is 18.1. The Labute approximate surface area is 153 Å². The third-order valence-electron chi connectivity index (χ3n) is 4.07. The molecule has 0 amide bonds. The fraction of sp³-hybridized carbons (Fsp3) is 0.400. The third kappa shape index (κ3) is 6.39. The van der Waals surface area contributed by atoms with Crippen molar-refractivity contribution in [2.24, 2.45) is 0 Å². The summed E-state index contributed by atoms with van der Waals surface area (Å²) >= 11 is 5.84. The minimum absolute atomic E-state index is 0.160. The SMILES string of the molecule is O=C(CCCCCCCC=Cc1ccc(Cl)cc1)C1=C(O)COC1=O. The quantitative estimate of drug-likeness (QED) is 0.360. The second-order valence-corrected chi connectivity index (χ2v) is 6.52. The number of Topliss-reactive ketones (excluding diaryl/α,β-unsaturated/α-hetero) is 1.